The Bertz CT molecular complexity index is 906. The number of halogens is 3. The van der Waals surface area contributed by atoms with Gasteiger partial charge in [-0.05, 0) is 30.9 Å². The molecule has 3 rings (SSSR count). The normalized spacial score (nSPS) is 26.3. The average Bonchev–Trinajstić information content (AvgIpc) is 3.12. The zero-order chi connectivity index (χ0) is 23.6. The highest BCUT2D eigenvalue weighted by Crippen LogP contribution is 2.38. The van der Waals surface area contributed by atoms with Gasteiger partial charge in [-0.1, -0.05) is 12.1 Å². The zero-order valence-corrected chi connectivity index (χ0v) is 18.2. The molecule has 4 N–H and O–H groups in total. The van der Waals surface area contributed by atoms with Crippen molar-refractivity contribution >= 4 is 11.8 Å². The Hall–Kier alpha value is -1.83. The van der Waals surface area contributed by atoms with Crippen LogP contribution in [0.25, 0.3) is 0 Å². The van der Waals surface area contributed by atoms with Crippen LogP contribution in [0.2, 0.25) is 0 Å². The highest BCUT2D eigenvalue weighted by molar-refractivity contribution is 7.98. The molecule has 12 heteroatoms. The molecule has 1 fully saturated rings. The second kappa shape index (κ2) is 9.98. The van der Waals surface area contributed by atoms with E-state index in [-0.39, 0.29) is 18.5 Å². The molecular weight excluding hydrogens is 453 g/mol. The van der Waals surface area contributed by atoms with Crippen molar-refractivity contribution in [2.45, 2.75) is 61.7 Å². The second-order valence-electron chi connectivity index (χ2n) is 7.29. The fourth-order valence-electron chi connectivity index (χ4n) is 3.50. The molecule has 0 amide bonds. The summed E-state index contributed by atoms with van der Waals surface area (Å²) in [5.74, 6) is -0.419. The van der Waals surface area contributed by atoms with Crippen LogP contribution in [0.3, 0.4) is 0 Å². The first-order valence-electron chi connectivity index (χ1n) is 9.87. The lowest BCUT2D eigenvalue weighted by Crippen LogP contribution is -2.60. The topological polar surface area (TPSA) is 117 Å². The fourth-order valence-corrected chi connectivity index (χ4v) is 3.91. The van der Waals surface area contributed by atoms with Gasteiger partial charge in [-0.2, -0.15) is 13.2 Å². The van der Waals surface area contributed by atoms with Gasteiger partial charge in [0.15, 0.2) is 0 Å². The van der Waals surface area contributed by atoms with Crippen molar-refractivity contribution in [1.29, 1.82) is 0 Å². The van der Waals surface area contributed by atoms with Gasteiger partial charge in [0, 0.05) is 17.9 Å². The highest BCUT2D eigenvalue weighted by atomic mass is 32.2. The lowest BCUT2D eigenvalue weighted by atomic mass is 9.99. The maximum absolute atomic E-state index is 13.9. The van der Waals surface area contributed by atoms with Crippen LogP contribution in [0, 0.1) is 0 Å². The van der Waals surface area contributed by atoms with Gasteiger partial charge in [-0.15, -0.1) is 16.9 Å². The van der Waals surface area contributed by atoms with Gasteiger partial charge in [0.1, 0.15) is 30.1 Å². The van der Waals surface area contributed by atoms with Crippen LogP contribution in [-0.4, -0.2) is 73.8 Å². The summed E-state index contributed by atoms with van der Waals surface area (Å²) in [6.45, 7) is 0.707. The van der Waals surface area contributed by atoms with Gasteiger partial charge >= 0.3 is 6.18 Å². The SMILES string of the molecule is CCn1nc(O[C@@H]2O[C@H](CO)[C@@H](O)[C@H](O)[C@H]2O)c(Cc2ccc(SC)cc2)c1C(F)(F)F. The van der Waals surface area contributed by atoms with E-state index in [1.807, 2.05) is 6.26 Å². The van der Waals surface area contributed by atoms with E-state index in [2.05, 4.69) is 5.10 Å². The smallest absolute Gasteiger partial charge is 0.433 e. The Morgan fingerprint density at radius 2 is 1.78 bits per heavy atom. The Labute approximate surface area is 186 Å². The third-order valence-electron chi connectivity index (χ3n) is 5.20. The first-order chi connectivity index (χ1) is 15.1. The van der Waals surface area contributed by atoms with Crippen LogP contribution in [0.5, 0.6) is 5.88 Å². The third kappa shape index (κ3) is 5.05. The number of aliphatic hydroxyl groups excluding tert-OH is 4. The third-order valence-corrected chi connectivity index (χ3v) is 5.94. The van der Waals surface area contributed by atoms with Crippen molar-refractivity contribution in [3.8, 4) is 5.88 Å². The number of hydrogen-bond donors (Lipinski definition) is 4. The number of thioether (sulfide) groups is 1. The van der Waals surface area contributed by atoms with Crippen LogP contribution in [0.1, 0.15) is 23.7 Å². The van der Waals surface area contributed by atoms with Crippen LogP contribution in [-0.2, 0) is 23.9 Å². The van der Waals surface area contributed by atoms with E-state index in [9.17, 15) is 33.6 Å². The largest absolute Gasteiger partial charge is 0.443 e. The molecule has 1 aromatic heterocycles. The molecule has 0 saturated carbocycles. The van der Waals surface area contributed by atoms with Gasteiger partial charge in [0.05, 0.1) is 12.2 Å². The van der Waals surface area contributed by atoms with Crippen LogP contribution in [0.15, 0.2) is 29.2 Å². The molecule has 2 aromatic rings. The monoisotopic (exact) mass is 478 g/mol. The van der Waals surface area contributed by atoms with E-state index in [4.69, 9.17) is 9.47 Å². The molecule has 1 saturated heterocycles. The van der Waals surface area contributed by atoms with E-state index < -0.39 is 55.1 Å². The number of hydrogen-bond acceptors (Lipinski definition) is 8. The number of ether oxygens (including phenoxy) is 2. The lowest BCUT2D eigenvalue weighted by molar-refractivity contribution is -0.278. The number of aryl methyl sites for hydroxylation is 1. The molecule has 0 radical (unpaired) electrons. The number of benzene rings is 1. The van der Waals surface area contributed by atoms with Crippen molar-refractivity contribution in [3.63, 3.8) is 0 Å². The fraction of sp³-hybridized carbons (Fsp3) is 0.550. The number of aromatic nitrogens is 2. The Morgan fingerprint density at radius 3 is 2.31 bits per heavy atom. The van der Waals surface area contributed by atoms with Crippen molar-refractivity contribution < 1.29 is 43.1 Å². The molecule has 8 nitrogen and oxygen atoms in total. The van der Waals surface area contributed by atoms with Gasteiger partial charge < -0.3 is 29.9 Å². The van der Waals surface area contributed by atoms with E-state index >= 15 is 0 Å². The summed E-state index contributed by atoms with van der Waals surface area (Å²) in [7, 11) is 0. The molecule has 178 valence electrons. The van der Waals surface area contributed by atoms with Gasteiger partial charge in [-0.25, -0.2) is 0 Å². The Morgan fingerprint density at radius 1 is 1.12 bits per heavy atom. The molecule has 2 heterocycles. The maximum atomic E-state index is 13.9. The summed E-state index contributed by atoms with van der Waals surface area (Å²) in [5, 5.41) is 43.3. The van der Waals surface area contributed by atoms with E-state index in [0.717, 1.165) is 9.58 Å². The highest BCUT2D eigenvalue weighted by Gasteiger charge is 2.46. The molecule has 32 heavy (non-hydrogen) atoms. The van der Waals surface area contributed by atoms with Crippen molar-refractivity contribution in [2.24, 2.45) is 0 Å². The summed E-state index contributed by atoms with van der Waals surface area (Å²) < 4.78 is 53.3. The summed E-state index contributed by atoms with van der Waals surface area (Å²) >= 11 is 1.50. The minimum Gasteiger partial charge on any atom is -0.443 e. The van der Waals surface area contributed by atoms with Crippen LogP contribution < -0.4 is 4.74 Å². The first-order valence-corrected chi connectivity index (χ1v) is 11.1. The van der Waals surface area contributed by atoms with Crippen LogP contribution in [0.4, 0.5) is 13.2 Å². The van der Waals surface area contributed by atoms with Crippen molar-refractivity contribution in [1.82, 2.24) is 9.78 Å². The number of aliphatic hydroxyl groups is 4. The zero-order valence-electron chi connectivity index (χ0n) is 17.4. The molecule has 1 aromatic carbocycles. The molecule has 0 aliphatic carbocycles. The number of rotatable bonds is 7. The van der Waals surface area contributed by atoms with E-state index in [0.29, 0.717) is 5.56 Å². The van der Waals surface area contributed by atoms with Crippen molar-refractivity contribution in [3.05, 3.63) is 41.1 Å². The molecule has 5 atom stereocenters. The van der Waals surface area contributed by atoms with E-state index in [1.165, 1.54) is 18.7 Å². The molecule has 1 aliphatic rings. The number of nitrogens with zero attached hydrogens (tertiary/aromatic N) is 2. The molecule has 0 spiro atoms. The standard InChI is InChI=1S/C20H25F3N2O6S/c1-3-25-17(20(21,22)23)12(8-10-4-6-11(32-2)7-5-10)18(24-25)31-19-16(29)15(28)14(27)13(9-26)30-19/h4-7,13-16,19,26-29H,3,8-9H2,1-2H3/t13-,14-,15+,16-,19+/m1/s1. The second-order valence-corrected chi connectivity index (χ2v) is 8.17. The predicted molar refractivity (Wildman–Crippen MR) is 108 cm³/mol. The molecule has 0 bridgehead atoms. The predicted octanol–water partition coefficient (Wildman–Crippen LogP) is 1.41. The lowest BCUT2D eigenvalue weighted by Gasteiger charge is -2.39. The summed E-state index contributed by atoms with van der Waals surface area (Å²) in [5.41, 5.74) is -0.663. The van der Waals surface area contributed by atoms with Gasteiger partial charge in [0.25, 0.3) is 0 Å². The number of alkyl halides is 3. The summed E-state index contributed by atoms with van der Waals surface area (Å²) in [4.78, 5) is 0.951. The molecule has 1 aliphatic heterocycles. The maximum Gasteiger partial charge on any atom is 0.433 e. The van der Waals surface area contributed by atoms with Gasteiger partial charge in [-0.3, -0.25) is 4.68 Å². The minimum absolute atomic E-state index is 0.0920. The van der Waals surface area contributed by atoms with E-state index in [1.54, 1.807) is 24.3 Å². The quantitative estimate of drug-likeness (QED) is 0.442. The van der Waals surface area contributed by atoms with Crippen LogP contribution >= 0.6 is 11.8 Å². The van der Waals surface area contributed by atoms with Crippen molar-refractivity contribution in [2.75, 3.05) is 12.9 Å². The average molecular weight is 478 g/mol. The Kier molecular flexibility index (Phi) is 7.73. The molecular formula is C20H25F3N2O6S. The van der Waals surface area contributed by atoms with Gasteiger partial charge in [0.2, 0.25) is 12.2 Å². The summed E-state index contributed by atoms with van der Waals surface area (Å²) in [6, 6.07) is 6.98. The summed E-state index contributed by atoms with van der Waals surface area (Å²) in [6.07, 6.45) is -11.0. The first kappa shape index (κ1) is 24.8. The Balaban J connectivity index is 2.00. The molecule has 0 unspecified atom stereocenters. The minimum atomic E-state index is -4.73.